The Kier molecular flexibility index (Phi) is 6.90. The minimum atomic E-state index is -3.73. The molecule has 0 atom stereocenters. The van der Waals surface area contributed by atoms with Crippen molar-refractivity contribution in [2.45, 2.75) is 31.8 Å². The first kappa shape index (κ1) is 24.0. The zero-order valence-electron chi connectivity index (χ0n) is 19.1. The standard InChI is InChI=1S/C24H23N5O5S/c1-3-29-24(31)21-9-5-4-8-20(21)22(28-29)23(30)27-26-16(2)17-10-12-19(13-11-17)35(32,33)25-15-18-7-6-14-34-18/h4-14,25H,3,15H2,1-2H3,(H,27,30)/b26-16+. The van der Waals surface area contributed by atoms with Gasteiger partial charge in [-0.2, -0.15) is 10.2 Å². The number of carbonyl (C=O) groups excluding carboxylic acids is 1. The van der Waals surface area contributed by atoms with E-state index in [1.807, 2.05) is 0 Å². The summed E-state index contributed by atoms with van der Waals surface area (Å²) >= 11 is 0. The average Bonchev–Trinajstić information content (AvgIpc) is 3.40. The van der Waals surface area contributed by atoms with E-state index in [0.29, 0.717) is 34.4 Å². The van der Waals surface area contributed by atoms with Crippen LogP contribution in [-0.2, 0) is 23.1 Å². The number of hydrogen-bond acceptors (Lipinski definition) is 7. The molecule has 2 aromatic carbocycles. The summed E-state index contributed by atoms with van der Waals surface area (Å²) in [6.45, 7) is 3.80. The Labute approximate surface area is 201 Å². The Morgan fingerprint density at radius 1 is 1.06 bits per heavy atom. The maximum absolute atomic E-state index is 12.8. The Balaban J connectivity index is 1.50. The molecule has 1 amide bonds. The van der Waals surface area contributed by atoms with Gasteiger partial charge in [0.05, 0.1) is 28.8 Å². The van der Waals surface area contributed by atoms with E-state index in [9.17, 15) is 18.0 Å². The van der Waals surface area contributed by atoms with Crippen LogP contribution in [0, 0.1) is 0 Å². The van der Waals surface area contributed by atoms with Crippen molar-refractivity contribution in [2.75, 3.05) is 0 Å². The summed E-state index contributed by atoms with van der Waals surface area (Å²) in [6.07, 6.45) is 1.47. The molecule has 0 aliphatic rings. The van der Waals surface area contributed by atoms with Crippen molar-refractivity contribution in [1.82, 2.24) is 19.9 Å². The molecule has 11 heteroatoms. The van der Waals surface area contributed by atoms with Crippen molar-refractivity contribution < 1.29 is 17.6 Å². The number of nitrogens with zero attached hydrogens (tertiary/aromatic N) is 3. The molecular weight excluding hydrogens is 470 g/mol. The summed E-state index contributed by atoms with van der Waals surface area (Å²) in [5, 5.41) is 9.15. The molecule has 2 N–H and O–H groups in total. The Bertz CT molecular complexity index is 1560. The van der Waals surface area contributed by atoms with Crippen LogP contribution in [0.15, 0.2) is 86.1 Å². The van der Waals surface area contributed by atoms with Crippen molar-refractivity contribution in [3.8, 4) is 0 Å². The molecule has 2 aromatic heterocycles. The van der Waals surface area contributed by atoms with Crippen molar-refractivity contribution >= 4 is 32.4 Å². The second kappa shape index (κ2) is 10.0. The predicted octanol–water partition coefficient (Wildman–Crippen LogP) is 2.64. The Hall–Kier alpha value is -4.09. The highest BCUT2D eigenvalue weighted by Crippen LogP contribution is 2.14. The minimum absolute atomic E-state index is 0.0394. The lowest BCUT2D eigenvalue weighted by Gasteiger charge is -2.09. The molecule has 4 rings (SSSR count). The van der Waals surface area contributed by atoms with Crippen LogP contribution >= 0.6 is 0 Å². The van der Waals surface area contributed by atoms with Gasteiger partial charge in [0.2, 0.25) is 10.0 Å². The van der Waals surface area contributed by atoms with E-state index in [0.717, 1.165) is 0 Å². The number of hydrogen-bond donors (Lipinski definition) is 2. The molecule has 2 heterocycles. The highest BCUT2D eigenvalue weighted by atomic mass is 32.2. The Morgan fingerprint density at radius 3 is 2.43 bits per heavy atom. The van der Waals surface area contributed by atoms with Crippen molar-refractivity contribution in [3.05, 3.63) is 94.3 Å². The van der Waals surface area contributed by atoms with Crippen LogP contribution in [-0.4, -0.2) is 29.8 Å². The van der Waals surface area contributed by atoms with Crippen molar-refractivity contribution in [2.24, 2.45) is 5.10 Å². The molecule has 0 bridgehead atoms. The molecule has 0 saturated carbocycles. The summed E-state index contributed by atoms with van der Waals surface area (Å²) < 4.78 is 33.8. The molecule has 0 unspecified atom stereocenters. The van der Waals surface area contributed by atoms with Crippen LogP contribution in [0.5, 0.6) is 0 Å². The fraction of sp³-hybridized carbons (Fsp3) is 0.167. The van der Waals surface area contributed by atoms with Crippen LogP contribution in [0.2, 0.25) is 0 Å². The number of aryl methyl sites for hydroxylation is 1. The number of carbonyl (C=O) groups is 1. The van der Waals surface area contributed by atoms with Gasteiger partial charge in [0.15, 0.2) is 5.69 Å². The third-order valence-electron chi connectivity index (χ3n) is 5.31. The van der Waals surface area contributed by atoms with Crippen molar-refractivity contribution in [3.63, 3.8) is 0 Å². The summed E-state index contributed by atoms with van der Waals surface area (Å²) in [6, 6.07) is 16.2. The van der Waals surface area contributed by atoms with Crippen LogP contribution < -0.4 is 15.7 Å². The summed E-state index contributed by atoms with van der Waals surface area (Å²) in [5.74, 6) is -0.0652. The van der Waals surface area contributed by atoms with Gasteiger partial charge in [-0.05, 0) is 49.7 Å². The first-order valence-corrected chi connectivity index (χ1v) is 12.3. The zero-order valence-corrected chi connectivity index (χ0v) is 19.9. The van der Waals surface area contributed by atoms with Gasteiger partial charge in [0.1, 0.15) is 5.76 Å². The third kappa shape index (κ3) is 5.20. The number of benzene rings is 2. The highest BCUT2D eigenvalue weighted by Gasteiger charge is 2.17. The van der Waals surface area contributed by atoms with Gasteiger partial charge in [-0.25, -0.2) is 23.2 Å². The number of aromatic nitrogens is 2. The Morgan fingerprint density at radius 2 is 1.77 bits per heavy atom. The molecule has 0 aliphatic heterocycles. The molecule has 4 aromatic rings. The van der Waals surface area contributed by atoms with E-state index in [4.69, 9.17) is 4.42 Å². The van der Waals surface area contributed by atoms with Crippen LogP contribution in [0.3, 0.4) is 0 Å². The first-order chi connectivity index (χ1) is 16.8. The molecule has 180 valence electrons. The summed E-state index contributed by atoms with van der Waals surface area (Å²) in [4.78, 5) is 25.4. The van der Waals surface area contributed by atoms with Gasteiger partial charge >= 0.3 is 0 Å². The SMILES string of the molecule is CCn1nc(C(=O)N/N=C(\C)c2ccc(S(=O)(=O)NCc3ccco3)cc2)c2ccccc2c1=O. The molecule has 0 aliphatic carbocycles. The van der Waals surface area contributed by atoms with E-state index in [1.54, 1.807) is 62.4 Å². The lowest BCUT2D eigenvalue weighted by atomic mass is 10.1. The lowest BCUT2D eigenvalue weighted by Crippen LogP contribution is -2.28. The summed E-state index contributed by atoms with van der Waals surface area (Å²) in [7, 11) is -3.73. The predicted molar refractivity (Wildman–Crippen MR) is 131 cm³/mol. The quantitative estimate of drug-likeness (QED) is 0.286. The van der Waals surface area contributed by atoms with E-state index in [1.165, 1.54) is 23.1 Å². The van der Waals surface area contributed by atoms with Gasteiger partial charge < -0.3 is 4.42 Å². The second-order valence-electron chi connectivity index (χ2n) is 7.58. The summed E-state index contributed by atoms with van der Waals surface area (Å²) in [5.41, 5.74) is 3.36. The monoisotopic (exact) mass is 493 g/mol. The van der Waals surface area contributed by atoms with E-state index < -0.39 is 15.9 Å². The minimum Gasteiger partial charge on any atom is -0.468 e. The number of sulfonamides is 1. The molecule has 0 spiro atoms. The number of nitrogens with one attached hydrogen (secondary N) is 2. The largest absolute Gasteiger partial charge is 0.468 e. The number of amides is 1. The third-order valence-corrected chi connectivity index (χ3v) is 6.72. The van der Waals surface area contributed by atoms with Crippen LogP contribution in [0.25, 0.3) is 10.8 Å². The van der Waals surface area contributed by atoms with E-state index in [-0.39, 0.29) is 22.7 Å². The van der Waals surface area contributed by atoms with Gasteiger partial charge in [0.25, 0.3) is 11.5 Å². The maximum atomic E-state index is 12.8. The fourth-order valence-electron chi connectivity index (χ4n) is 3.41. The fourth-order valence-corrected chi connectivity index (χ4v) is 4.40. The van der Waals surface area contributed by atoms with Gasteiger partial charge in [0, 0.05) is 11.9 Å². The van der Waals surface area contributed by atoms with Gasteiger partial charge in [-0.3, -0.25) is 9.59 Å². The van der Waals surface area contributed by atoms with Crippen LogP contribution in [0.4, 0.5) is 0 Å². The number of rotatable bonds is 8. The topological polar surface area (TPSA) is 136 Å². The van der Waals surface area contributed by atoms with Crippen LogP contribution in [0.1, 0.15) is 35.7 Å². The van der Waals surface area contributed by atoms with Crippen molar-refractivity contribution in [1.29, 1.82) is 0 Å². The average molecular weight is 494 g/mol. The normalized spacial score (nSPS) is 12.1. The zero-order chi connectivity index (χ0) is 25.0. The molecule has 35 heavy (non-hydrogen) atoms. The number of hydrazone groups is 1. The lowest BCUT2D eigenvalue weighted by molar-refractivity contribution is 0.0949. The van der Waals surface area contributed by atoms with E-state index in [2.05, 4.69) is 20.3 Å². The smallest absolute Gasteiger partial charge is 0.292 e. The molecule has 0 radical (unpaired) electrons. The van der Waals surface area contributed by atoms with Gasteiger partial charge in [-0.1, -0.05) is 30.3 Å². The maximum Gasteiger partial charge on any atom is 0.292 e. The number of furan rings is 1. The van der Waals surface area contributed by atoms with Gasteiger partial charge in [-0.15, -0.1) is 0 Å². The second-order valence-corrected chi connectivity index (χ2v) is 9.35. The molecule has 10 nitrogen and oxygen atoms in total. The molecule has 0 saturated heterocycles. The highest BCUT2D eigenvalue weighted by molar-refractivity contribution is 7.89. The molecular formula is C24H23N5O5S. The van der Waals surface area contributed by atoms with E-state index >= 15 is 0 Å². The number of fused-ring (bicyclic) bond motifs is 1. The molecule has 0 fully saturated rings. The first-order valence-electron chi connectivity index (χ1n) is 10.8.